The van der Waals surface area contributed by atoms with Gasteiger partial charge < -0.3 is 14.2 Å². The molecule has 0 aromatic rings. The van der Waals surface area contributed by atoms with Crippen LogP contribution in [-0.2, 0) is 28.6 Å². The van der Waals surface area contributed by atoms with Crippen LogP contribution in [0.15, 0.2) is 36.5 Å². The number of hydrogen-bond donors (Lipinski definition) is 0. The molecule has 0 saturated carbocycles. The molecule has 0 aliphatic rings. The molecule has 6 nitrogen and oxygen atoms in total. The van der Waals surface area contributed by atoms with Crippen LogP contribution in [0.3, 0.4) is 0 Å². The number of unbranched alkanes of at least 4 members (excludes halogenated alkanes) is 31. The van der Waals surface area contributed by atoms with E-state index in [-0.39, 0.29) is 31.1 Å². The minimum absolute atomic E-state index is 0.0769. The van der Waals surface area contributed by atoms with Gasteiger partial charge in [0.15, 0.2) is 6.10 Å². The van der Waals surface area contributed by atoms with Crippen molar-refractivity contribution < 1.29 is 28.6 Å². The lowest BCUT2D eigenvalue weighted by Crippen LogP contribution is -2.30. The average molecular weight is 857 g/mol. The molecule has 356 valence electrons. The maximum Gasteiger partial charge on any atom is 0.306 e. The molecule has 0 radical (unpaired) electrons. The minimum Gasteiger partial charge on any atom is -0.462 e. The Morgan fingerprint density at radius 2 is 0.590 bits per heavy atom. The molecular weight excluding hydrogens is 757 g/mol. The second kappa shape index (κ2) is 50.3. The smallest absolute Gasteiger partial charge is 0.306 e. The molecule has 0 unspecified atom stereocenters. The van der Waals surface area contributed by atoms with Gasteiger partial charge in [0.2, 0.25) is 0 Å². The molecule has 1 atom stereocenters. The molecule has 0 rings (SSSR count). The highest BCUT2D eigenvalue weighted by Crippen LogP contribution is 2.15. The second-order valence-electron chi connectivity index (χ2n) is 17.8. The first kappa shape index (κ1) is 58.6. The molecule has 0 aliphatic carbocycles. The fourth-order valence-corrected chi connectivity index (χ4v) is 7.59. The van der Waals surface area contributed by atoms with E-state index in [9.17, 15) is 14.4 Å². The van der Waals surface area contributed by atoms with E-state index in [4.69, 9.17) is 14.2 Å². The number of hydrogen-bond acceptors (Lipinski definition) is 6. The highest BCUT2D eigenvalue weighted by atomic mass is 16.6. The van der Waals surface area contributed by atoms with Crippen molar-refractivity contribution in [3.63, 3.8) is 0 Å². The summed E-state index contributed by atoms with van der Waals surface area (Å²) in [4.78, 5) is 37.9. The maximum atomic E-state index is 12.8. The molecule has 0 bridgehead atoms. The summed E-state index contributed by atoms with van der Waals surface area (Å²) in [6.07, 6.45) is 58.5. The van der Waals surface area contributed by atoms with Crippen molar-refractivity contribution in [2.45, 2.75) is 284 Å². The first-order chi connectivity index (χ1) is 30.0. The molecular formula is C55H100O6. The summed E-state index contributed by atoms with van der Waals surface area (Å²) in [7, 11) is 0. The zero-order valence-corrected chi connectivity index (χ0v) is 40.7. The van der Waals surface area contributed by atoms with Crippen LogP contribution in [0.25, 0.3) is 0 Å². The molecule has 6 heteroatoms. The van der Waals surface area contributed by atoms with Crippen LogP contribution >= 0.6 is 0 Å². The Balaban J connectivity index is 4.30. The van der Waals surface area contributed by atoms with Crippen molar-refractivity contribution in [3.05, 3.63) is 36.5 Å². The van der Waals surface area contributed by atoms with Gasteiger partial charge in [-0.2, -0.15) is 0 Å². The van der Waals surface area contributed by atoms with E-state index in [1.165, 1.54) is 154 Å². The van der Waals surface area contributed by atoms with Crippen molar-refractivity contribution in [2.24, 2.45) is 0 Å². The Labute approximate surface area is 378 Å². The van der Waals surface area contributed by atoms with Crippen molar-refractivity contribution in [3.8, 4) is 0 Å². The molecule has 0 spiro atoms. The van der Waals surface area contributed by atoms with E-state index in [2.05, 4.69) is 57.2 Å². The van der Waals surface area contributed by atoms with Crippen molar-refractivity contribution in [1.29, 1.82) is 0 Å². The summed E-state index contributed by atoms with van der Waals surface area (Å²) in [6, 6.07) is 0. The Kier molecular flexibility index (Phi) is 48.3. The van der Waals surface area contributed by atoms with Crippen LogP contribution in [-0.4, -0.2) is 37.2 Å². The van der Waals surface area contributed by atoms with E-state index in [0.717, 1.165) is 83.5 Å². The van der Waals surface area contributed by atoms with Gasteiger partial charge in [-0.3, -0.25) is 14.4 Å². The number of esters is 3. The lowest BCUT2D eigenvalue weighted by atomic mass is 10.1. The Morgan fingerprint density at radius 3 is 0.951 bits per heavy atom. The fourth-order valence-electron chi connectivity index (χ4n) is 7.59. The van der Waals surface area contributed by atoms with E-state index >= 15 is 0 Å². The lowest BCUT2D eigenvalue weighted by Gasteiger charge is -2.18. The van der Waals surface area contributed by atoms with Gasteiger partial charge in [0.1, 0.15) is 13.2 Å². The normalized spacial score (nSPS) is 12.2. The largest absolute Gasteiger partial charge is 0.462 e. The number of ether oxygens (including phenoxy) is 3. The second-order valence-corrected chi connectivity index (χ2v) is 17.8. The van der Waals surface area contributed by atoms with Crippen LogP contribution in [0.5, 0.6) is 0 Å². The highest BCUT2D eigenvalue weighted by molar-refractivity contribution is 5.71. The first-order valence-corrected chi connectivity index (χ1v) is 26.5. The molecule has 61 heavy (non-hydrogen) atoms. The van der Waals surface area contributed by atoms with Crippen molar-refractivity contribution in [1.82, 2.24) is 0 Å². The lowest BCUT2D eigenvalue weighted by molar-refractivity contribution is -0.167. The van der Waals surface area contributed by atoms with Crippen molar-refractivity contribution >= 4 is 17.9 Å². The quantitative estimate of drug-likeness (QED) is 0.0262. The number of rotatable bonds is 48. The predicted octanol–water partition coefficient (Wildman–Crippen LogP) is 17.3. The van der Waals surface area contributed by atoms with Gasteiger partial charge in [-0.1, -0.05) is 218 Å². The van der Waals surface area contributed by atoms with Crippen LogP contribution in [0.2, 0.25) is 0 Å². The van der Waals surface area contributed by atoms with Crippen LogP contribution < -0.4 is 0 Å². The molecule has 0 aromatic heterocycles. The molecule has 0 N–H and O–H groups in total. The monoisotopic (exact) mass is 857 g/mol. The molecule has 0 aliphatic heterocycles. The molecule has 0 amide bonds. The summed E-state index contributed by atoms with van der Waals surface area (Å²) in [5, 5.41) is 0. The van der Waals surface area contributed by atoms with E-state index in [1.807, 2.05) is 0 Å². The highest BCUT2D eigenvalue weighted by Gasteiger charge is 2.19. The topological polar surface area (TPSA) is 78.9 Å². The van der Waals surface area contributed by atoms with Crippen molar-refractivity contribution in [2.75, 3.05) is 13.2 Å². The van der Waals surface area contributed by atoms with E-state index < -0.39 is 6.10 Å². The van der Waals surface area contributed by atoms with Gasteiger partial charge in [0, 0.05) is 19.3 Å². The molecule has 0 heterocycles. The zero-order valence-electron chi connectivity index (χ0n) is 40.7. The summed E-state index contributed by atoms with van der Waals surface area (Å²) in [5.41, 5.74) is 0. The number of allylic oxidation sites excluding steroid dienone is 6. The summed E-state index contributed by atoms with van der Waals surface area (Å²) < 4.78 is 16.8. The van der Waals surface area contributed by atoms with Gasteiger partial charge in [-0.05, 0) is 77.0 Å². The summed E-state index contributed by atoms with van der Waals surface area (Å²) in [6.45, 7) is 6.60. The van der Waals surface area contributed by atoms with Gasteiger partial charge in [-0.15, -0.1) is 0 Å². The third-order valence-electron chi connectivity index (χ3n) is 11.6. The first-order valence-electron chi connectivity index (χ1n) is 26.5. The van der Waals surface area contributed by atoms with Gasteiger partial charge in [-0.25, -0.2) is 0 Å². The average Bonchev–Trinajstić information content (AvgIpc) is 3.26. The molecule has 0 aromatic carbocycles. The standard InChI is InChI=1S/C55H100O6/c1-4-7-10-13-16-19-21-23-25-26-27-28-30-31-33-36-39-42-45-48-54(57)60-51-52(50-59-53(56)47-44-41-38-35-18-15-12-9-6-3)61-55(58)49-46-43-40-37-34-32-29-24-22-20-17-14-11-8-5-2/h17,20,24,26-27,29,52H,4-16,18-19,21-23,25,28,30-51H2,1-3H3/b20-17-,27-26-,29-24-/t52-/m1/s1. The van der Waals surface area contributed by atoms with Gasteiger partial charge in [0.05, 0.1) is 0 Å². The molecule has 0 fully saturated rings. The molecule has 0 saturated heterocycles. The van der Waals surface area contributed by atoms with Crippen LogP contribution in [0, 0.1) is 0 Å². The maximum absolute atomic E-state index is 12.8. The predicted molar refractivity (Wildman–Crippen MR) is 261 cm³/mol. The van der Waals surface area contributed by atoms with Gasteiger partial charge >= 0.3 is 17.9 Å². The van der Waals surface area contributed by atoms with Crippen LogP contribution in [0.1, 0.15) is 278 Å². The summed E-state index contributed by atoms with van der Waals surface area (Å²) >= 11 is 0. The van der Waals surface area contributed by atoms with Gasteiger partial charge in [0.25, 0.3) is 0 Å². The van der Waals surface area contributed by atoms with Crippen LogP contribution in [0.4, 0.5) is 0 Å². The Morgan fingerprint density at radius 1 is 0.328 bits per heavy atom. The third-order valence-corrected chi connectivity index (χ3v) is 11.6. The Hall–Kier alpha value is -2.37. The third kappa shape index (κ3) is 48.5. The minimum atomic E-state index is -0.776. The Bertz CT molecular complexity index is 1030. The summed E-state index contributed by atoms with van der Waals surface area (Å²) in [5.74, 6) is -0.888. The SMILES string of the molecule is CCCCC/C=C\C/C=C\CCCCCCCC(=O)O[C@@H](COC(=O)CCCCCCCCC/C=C\CCCCCCCCCC)COC(=O)CCCCCCCCCCC. The fraction of sp³-hybridized carbons (Fsp3) is 0.836. The number of carbonyl (C=O) groups excluding carboxylic acids is 3. The van der Waals surface area contributed by atoms with E-state index in [1.54, 1.807) is 0 Å². The van der Waals surface area contributed by atoms with E-state index in [0.29, 0.717) is 19.3 Å². The number of carbonyl (C=O) groups is 3. The zero-order chi connectivity index (χ0) is 44.4.